The van der Waals surface area contributed by atoms with E-state index >= 15 is 0 Å². The van der Waals surface area contributed by atoms with Gasteiger partial charge in [0, 0.05) is 30.2 Å². The first-order valence-corrected chi connectivity index (χ1v) is 8.62. The second-order valence-corrected chi connectivity index (χ2v) is 5.89. The molecule has 8 nitrogen and oxygen atoms in total. The second-order valence-electron chi connectivity index (χ2n) is 5.46. The van der Waals surface area contributed by atoms with Gasteiger partial charge in [-0.25, -0.2) is 9.79 Å². The van der Waals surface area contributed by atoms with Gasteiger partial charge in [-0.05, 0) is 25.1 Å². The van der Waals surface area contributed by atoms with Crippen molar-refractivity contribution in [2.45, 2.75) is 20.1 Å². The molecule has 11 heteroatoms. The van der Waals surface area contributed by atoms with Crippen LogP contribution >= 0.6 is 11.6 Å². The summed E-state index contributed by atoms with van der Waals surface area (Å²) in [6.07, 6.45) is 0. The number of hydrogen-bond donors (Lipinski definition) is 3. The summed E-state index contributed by atoms with van der Waals surface area (Å²) in [5.74, 6) is 0.0947. The van der Waals surface area contributed by atoms with Gasteiger partial charge in [0.2, 0.25) is 5.91 Å². The van der Waals surface area contributed by atoms with Crippen LogP contribution in [0.2, 0.25) is 5.02 Å². The summed E-state index contributed by atoms with van der Waals surface area (Å²) in [5, 5.41) is 8.77. The fourth-order valence-electron chi connectivity index (χ4n) is 2.36. The number of aliphatic imine (C=N–C) groups is 1. The number of benzene rings is 1. The van der Waals surface area contributed by atoms with Crippen LogP contribution in [0.25, 0.3) is 0 Å². The largest absolute Gasteiger partial charge is 0.434 e. The number of urea groups is 1. The van der Waals surface area contributed by atoms with E-state index in [-0.39, 0.29) is 37.8 Å². The van der Waals surface area contributed by atoms with Gasteiger partial charge in [0.05, 0.1) is 13.1 Å². The van der Waals surface area contributed by atoms with Gasteiger partial charge >= 0.3 is 12.6 Å². The van der Waals surface area contributed by atoms with Gasteiger partial charge in [0.1, 0.15) is 5.75 Å². The summed E-state index contributed by atoms with van der Waals surface area (Å²) >= 11 is 5.92. The van der Waals surface area contributed by atoms with E-state index < -0.39 is 12.6 Å². The molecule has 148 valence electrons. The molecule has 0 unspecified atom stereocenters. The number of alkyl halides is 2. The third kappa shape index (κ3) is 6.24. The number of guanidine groups is 1. The predicted octanol–water partition coefficient (Wildman–Crippen LogP) is 1.55. The fourth-order valence-corrected chi connectivity index (χ4v) is 2.55. The van der Waals surface area contributed by atoms with Crippen molar-refractivity contribution in [3.8, 4) is 5.75 Å². The maximum Gasteiger partial charge on any atom is 0.387 e. The Kier molecular flexibility index (Phi) is 7.59. The van der Waals surface area contributed by atoms with Crippen LogP contribution in [0.1, 0.15) is 12.5 Å². The molecule has 0 spiro atoms. The summed E-state index contributed by atoms with van der Waals surface area (Å²) in [5.41, 5.74) is 0.397. The molecule has 0 aromatic heterocycles. The Hall–Kier alpha value is -2.62. The molecule has 2 rings (SSSR count). The van der Waals surface area contributed by atoms with E-state index in [1.54, 1.807) is 0 Å². The van der Waals surface area contributed by atoms with Crippen molar-refractivity contribution in [2.75, 3.05) is 26.2 Å². The number of ether oxygens (including phenoxy) is 1. The van der Waals surface area contributed by atoms with Crippen LogP contribution in [-0.2, 0) is 11.3 Å². The molecule has 0 aliphatic carbocycles. The first-order valence-electron chi connectivity index (χ1n) is 8.24. The maximum atomic E-state index is 12.5. The van der Waals surface area contributed by atoms with Gasteiger partial charge in [0.25, 0.3) is 0 Å². The van der Waals surface area contributed by atoms with Gasteiger partial charge in [0.15, 0.2) is 5.96 Å². The molecule has 0 bridgehead atoms. The van der Waals surface area contributed by atoms with Crippen molar-refractivity contribution >= 4 is 29.5 Å². The molecular formula is C16H20ClF2N5O3. The van der Waals surface area contributed by atoms with E-state index in [2.05, 4.69) is 25.7 Å². The van der Waals surface area contributed by atoms with E-state index in [1.165, 1.54) is 18.2 Å². The molecule has 0 atom stereocenters. The average Bonchev–Trinajstić information content (AvgIpc) is 2.93. The highest BCUT2D eigenvalue weighted by Crippen LogP contribution is 2.25. The van der Waals surface area contributed by atoms with Gasteiger partial charge in [-0.2, -0.15) is 8.78 Å². The second kappa shape index (κ2) is 9.91. The Morgan fingerprint density at radius 1 is 1.41 bits per heavy atom. The van der Waals surface area contributed by atoms with Crippen LogP contribution in [0.3, 0.4) is 0 Å². The van der Waals surface area contributed by atoms with Gasteiger partial charge in [-0.1, -0.05) is 11.6 Å². The van der Waals surface area contributed by atoms with Crippen molar-refractivity contribution in [1.82, 2.24) is 20.9 Å². The normalized spacial score (nSPS) is 14.6. The lowest BCUT2D eigenvalue weighted by Gasteiger charge is -2.15. The molecule has 0 saturated carbocycles. The van der Waals surface area contributed by atoms with Crippen molar-refractivity contribution in [3.05, 3.63) is 28.8 Å². The zero-order chi connectivity index (χ0) is 19.8. The lowest BCUT2D eigenvalue weighted by atomic mass is 10.2. The molecular weight excluding hydrogens is 384 g/mol. The Bertz CT molecular complexity index is 701. The minimum atomic E-state index is -2.95. The van der Waals surface area contributed by atoms with Gasteiger partial charge in [-0.15, -0.1) is 0 Å². The lowest BCUT2D eigenvalue weighted by molar-refractivity contribution is -0.124. The van der Waals surface area contributed by atoms with Crippen LogP contribution in [-0.4, -0.2) is 55.6 Å². The van der Waals surface area contributed by atoms with Crippen molar-refractivity contribution in [1.29, 1.82) is 0 Å². The highest BCUT2D eigenvalue weighted by Gasteiger charge is 2.27. The van der Waals surface area contributed by atoms with Crippen LogP contribution in [0.5, 0.6) is 5.75 Å². The zero-order valence-corrected chi connectivity index (χ0v) is 15.4. The molecule has 1 aromatic rings. The number of imide groups is 1. The number of nitrogens with zero attached hydrogens (tertiary/aromatic N) is 2. The third-order valence-corrected chi connectivity index (χ3v) is 3.79. The molecule has 3 N–H and O–H groups in total. The fraction of sp³-hybridized carbons (Fsp3) is 0.438. The number of halogens is 3. The molecule has 1 aliphatic heterocycles. The first-order chi connectivity index (χ1) is 12.9. The summed E-state index contributed by atoms with van der Waals surface area (Å²) in [6.45, 7) is -0.0446. The monoisotopic (exact) mass is 403 g/mol. The minimum absolute atomic E-state index is 0.00529. The highest BCUT2D eigenvalue weighted by atomic mass is 35.5. The van der Waals surface area contributed by atoms with E-state index in [1.807, 2.05) is 6.92 Å². The Morgan fingerprint density at radius 3 is 2.81 bits per heavy atom. The number of carbonyl (C=O) groups is 2. The Labute approximate surface area is 159 Å². The van der Waals surface area contributed by atoms with E-state index in [9.17, 15) is 18.4 Å². The third-order valence-electron chi connectivity index (χ3n) is 3.56. The molecule has 1 fully saturated rings. The van der Waals surface area contributed by atoms with E-state index in [0.717, 1.165) is 4.90 Å². The number of hydrogen-bond acceptors (Lipinski definition) is 4. The molecule has 0 radical (unpaired) electrons. The first kappa shape index (κ1) is 20.7. The smallest absolute Gasteiger partial charge is 0.387 e. The SMILES string of the molecule is CCNC(=NCc1cc(Cl)ccc1OC(F)F)NCCN1C(=O)CNC1=O. The van der Waals surface area contributed by atoms with E-state index in [4.69, 9.17) is 11.6 Å². The Morgan fingerprint density at radius 2 is 2.19 bits per heavy atom. The lowest BCUT2D eigenvalue weighted by Crippen LogP contribution is -2.43. The summed E-state index contributed by atoms with van der Waals surface area (Å²) in [4.78, 5) is 28.4. The Balaban J connectivity index is 1.99. The van der Waals surface area contributed by atoms with Crippen LogP contribution in [0.15, 0.2) is 23.2 Å². The van der Waals surface area contributed by atoms with Crippen molar-refractivity contribution in [3.63, 3.8) is 0 Å². The van der Waals surface area contributed by atoms with Crippen LogP contribution in [0.4, 0.5) is 13.6 Å². The molecule has 1 aromatic carbocycles. The highest BCUT2D eigenvalue weighted by molar-refractivity contribution is 6.30. The number of nitrogens with one attached hydrogen (secondary N) is 3. The standard InChI is InChI=1S/C16H20ClF2N5O3/c1-2-20-15(21-5-6-24-13(25)9-23-16(24)26)22-8-10-7-11(17)3-4-12(10)27-14(18)19/h3-4,7,14H,2,5-6,8-9H2,1H3,(H,23,26)(H2,20,21,22). The summed E-state index contributed by atoms with van der Waals surface area (Å²) < 4.78 is 29.5. The number of amides is 3. The summed E-state index contributed by atoms with van der Waals surface area (Å²) in [6, 6.07) is 3.88. The van der Waals surface area contributed by atoms with Crippen molar-refractivity contribution < 1.29 is 23.1 Å². The topological polar surface area (TPSA) is 95.1 Å². The quantitative estimate of drug-likeness (QED) is 0.348. The molecule has 1 saturated heterocycles. The maximum absolute atomic E-state index is 12.5. The predicted molar refractivity (Wildman–Crippen MR) is 96.0 cm³/mol. The molecule has 1 heterocycles. The summed E-state index contributed by atoms with van der Waals surface area (Å²) in [7, 11) is 0. The van der Waals surface area contributed by atoms with Gasteiger partial charge in [-0.3, -0.25) is 9.69 Å². The van der Waals surface area contributed by atoms with Gasteiger partial charge < -0.3 is 20.7 Å². The molecule has 1 aliphatic rings. The minimum Gasteiger partial charge on any atom is -0.434 e. The van der Waals surface area contributed by atoms with Crippen LogP contribution in [0, 0.1) is 0 Å². The number of carbonyl (C=O) groups excluding carboxylic acids is 2. The molecule has 27 heavy (non-hydrogen) atoms. The number of rotatable bonds is 8. The van der Waals surface area contributed by atoms with Crippen LogP contribution < -0.4 is 20.7 Å². The zero-order valence-electron chi connectivity index (χ0n) is 14.6. The molecule has 3 amide bonds. The average molecular weight is 404 g/mol. The van der Waals surface area contributed by atoms with Crippen molar-refractivity contribution in [2.24, 2.45) is 4.99 Å². The van der Waals surface area contributed by atoms with E-state index in [0.29, 0.717) is 23.1 Å².